The summed E-state index contributed by atoms with van der Waals surface area (Å²) in [5, 5.41) is 11.4. The molecule has 0 amide bonds. The molecular weight excluding hydrogens is 428 g/mol. The van der Waals surface area contributed by atoms with Crippen molar-refractivity contribution in [2.45, 2.75) is 19.4 Å². The maximum Gasteiger partial charge on any atom is 0.329 e. The van der Waals surface area contributed by atoms with Gasteiger partial charge in [0.15, 0.2) is 3.95 Å². The number of halogens is 1. The zero-order chi connectivity index (χ0) is 20.8. The first kappa shape index (κ1) is 21.2. The Bertz CT molecular complexity index is 1060. The van der Waals surface area contributed by atoms with Crippen molar-refractivity contribution in [1.82, 2.24) is 4.57 Å². The molecule has 0 saturated heterocycles. The van der Waals surface area contributed by atoms with Crippen LogP contribution in [-0.2, 0) is 16.0 Å². The van der Waals surface area contributed by atoms with Crippen molar-refractivity contribution in [1.29, 1.82) is 0 Å². The number of benzene rings is 2. The minimum atomic E-state index is -0.765. The molecule has 0 radical (unpaired) electrons. The van der Waals surface area contributed by atoms with Crippen LogP contribution < -0.4 is 0 Å². The van der Waals surface area contributed by atoms with E-state index in [0.717, 1.165) is 5.56 Å². The summed E-state index contributed by atoms with van der Waals surface area (Å²) in [6.45, 7) is 1.99. The normalized spacial score (nSPS) is 12.2. The van der Waals surface area contributed by atoms with Gasteiger partial charge in [-0.05, 0) is 49.0 Å². The molecule has 1 heterocycles. The first-order valence-corrected chi connectivity index (χ1v) is 10.5. The van der Waals surface area contributed by atoms with E-state index in [9.17, 15) is 9.90 Å². The molecule has 150 valence electrons. The van der Waals surface area contributed by atoms with E-state index in [1.54, 1.807) is 31.2 Å². The smallest absolute Gasteiger partial charge is 0.329 e. The van der Waals surface area contributed by atoms with Crippen LogP contribution in [0.15, 0.2) is 59.6 Å². The van der Waals surface area contributed by atoms with Gasteiger partial charge in [0, 0.05) is 11.4 Å². The van der Waals surface area contributed by atoms with Crippen LogP contribution in [-0.4, -0.2) is 28.5 Å². The van der Waals surface area contributed by atoms with Gasteiger partial charge in [-0.15, -0.1) is 0 Å². The van der Waals surface area contributed by atoms with Crippen LogP contribution in [0.5, 0.6) is 5.88 Å². The number of nitrogens with zero attached hydrogens (tertiary/aromatic N) is 2. The fourth-order valence-corrected chi connectivity index (χ4v) is 4.17. The predicted molar refractivity (Wildman–Crippen MR) is 119 cm³/mol. The molecule has 29 heavy (non-hydrogen) atoms. The van der Waals surface area contributed by atoms with E-state index in [2.05, 4.69) is 4.99 Å². The van der Waals surface area contributed by atoms with Crippen molar-refractivity contribution in [3.63, 3.8) is 0 Å². The van der Waals surface area contributed by atoms with Gasteiger partial charge in [0.05, 0.1) is 18.5 Å². The quantitative estimate of drug-likeness (QED) is 0.285. The van der Waals surface area contributed by atoms with Crippen molar-refractivity contribution in [2.24, 2.45) is 4.99 Å². The first-order valence-electron chi connectivity index (χ1n) is 8.94. The molecule has 8 heteroatoms. The Kier molecular flexibility index (Phi) is 7.19. The van der Waals surface area contributed by atoms with Gasteiger partial charge >= 0.3 is 5.97 Å². The van der Waals surface area contributed by atoms with Crippen LogP contribution in [0.2, 0.25) is 5.02 Å². The molecule has 0 aliphatic carbocycles. The Labute approximate surface area is 182 Å². The zero-order valence-corrected chi connectivity index (χ0v) is 18.0. The third kappa shape index (κ3) is 5.32. The molecule has 1 aromatic heterocycles. The number of hydrogen-bond donors (Lipinski definition) is 1. The number of carbonyl (C=O) groups excluding carboxylic acids is 1. The second-order valence-corrected chi connectivity index (χ2v) is 8.23. The largest absolute Gasteiger partial charge is 0.493 e. The highest BCUT2D eigenvalue weighted by molar-refractivity contribution is 7.73. The fraction of sp³-hybridized carbons (Fsp3) is 0.190. The Morgan fingerprint density at radius 2 is 1.97 bits per heavy atom. The summed E-state index contributed by atoms with van der Waals surface area (Å²) >= 11 is 12.5. The van der Waals surface area contributed by atoms with Crippen LogP contribution in [0.25, 0.3) is 0 Å². The van der Waals surface area contributed by atoms with Crippen molar-refractivity contribution < 1.29 is 14.6 Å². The lowest BCUT2D eigenvalue weighted by atomic mass is 10.1. The summed E-state index contributed by atoms with van der Waals surface area (Å²) in [4.78, 5) is 17.4. The van der Waals surface area contributed by atoms with Gasteiger partial charge in [-0.25, -0.2) is 4.79 Å². The molecule has 3 aromatic rings. The molecule has 0 aliphatic heterocycles. The number of esters is 1. The summed E-state index contributed by atoms with van der Waals surface area (Å²) in [6, 6.07) is 15.8. The topological polar surface area (TPSA) is 63.8 Å². The van der Waals surface area contributed by atoms with Crippen molar-refractivity contribution in [3.8, 4) is 5.88 Å². The third-order valence-corrected chi connectivity index (χ3v) is 5.72. The molecule has 2 aromatic carbocycles. The Morgan fingerprint density at radius 1 is 1.28 bits per heavy atom. The number of aromatic hydroxyl groups is 1. The zero-order valence-electron chi connectivity index (χ0n) is 15.6. The molecule has 1 atom stereocenters. The van der Waals surface area contributed by atoms with Crippen molar-refractivity contribution in [2.75, 3.05) is 6.61 Å². The van der Waals surface area contributed by atoms with Crippen LogP contribution in [0, 0.1) is 3.95 Å². The van der Waals surface area contributed by atoms with E-state index in [1.165, 1.54) is 22.1 Å². The van der Waals surface area contributed by atoms with Gasteiger partial charge < -0.3 is 9.84 Å². The summed E-state index contributed by atoms with van der Waals surface area (Å²) in [6.07, 6.45) is 1.88. The SMILES string of the molecule is CCOC(=O)[C@@H](Cc1ccccc1)n1c(O)c(C=Nc2ccc(Cl)cc2)sc1=S. The molecule has 5 nitrogen and oxygen atoms in total. The van der Waals surface area contributed by atoms with Gasteiger partial charge in [-0.1, -0.05) is 53.3 Å². The Balaban J connectivity index is 1.94. The Morgan fingerprint density at radius 3 is 2.62 bits per heavy atom. The average molecular weight is 447 g/mol. The number of aromatic nitrogens is 1. The molecule has 0 bridgehead atoms. The molecule has 1 N–H and O–H groups in total. The van der Waals surface area contributed by atoms with Crippen LogP contribution >= 0.6 is 35.2 Å². The highest BCUT2D eigenvalue weighted by atomic mass is 35.5. The number of ether oxygens (including phenoxy) is 1. The van der Waals surface area contributed by atoms with Gasteiger partial charge in [-0.2, -0.15) is 0 Å². The van der Waals surface area contributed by atoms with E-state index in [-0.39, 0.29) is 12.5 Å². The predicted octanol–water partition coefficient (Wildman–Crippen LogP) is 5.74. The monoisotopic (exact) mass is 446 g/mol. The molecule has 0 spiro atoms. The first-order chi connectivity index (χ1) is 14.0. The highest BCUT2D eigenvalue weighted by Crippen LogP contribution is 2.31. The summed E-state index contributed by atoms with van der Waals surface area (Å²) in [5.41, 5.74) is 1.63. The average Bonchev–Trinajstić information content (AvgIpc) is 3.00. The number of rotatable bonds is 7. The maximum atomic E-state index is 12.6. The third-order valence-electron chi connectivity index (χ3n) is 4.14. The molecule has 0 unspecified atom stereocenters. The van der Waals surface area contributed by atoms with Crippen LogP contribution in [0.3, 0.4) is 0 Å². The van der Waals surface area contributed by atoms with Crippen LogP contribution in [0.4, 0.5) is 5.69 Å². The van der Waals surface area contributed by atoms with Gasteiger partial charge in [0.2, 0.25) is 5.88 Å². The second-order valence-electron chi connectivity index (χ2n) is 6.12. The van der Waals surface area contributed by atoms with Crippen molar-refractivity contribution >= 4 is 53.0 Å². The summed E-state index contributed by atoms with van der Waals surface area (Å²) < 4.78 is 7.04. The standard InChI is InChI=1S/C21H19ClN2O3S2/c1-2-27-20(26)17(12-14-6-4-3-5-7-14)24-19(25)18(29-21(24)28)13-23-16-10-8-15(22)9-11-16/h3-11,13,17,25H,2,12H2,1H3/t17-/m1/s1. The lowest BCUT2D eigenvalue weighted by molar-refractivity contribution is -0.147. The number of carbonyl (C=O) groups is 1. The van der Waals surface area contributed by atoms with E-state index in [1.807, 2.05) is 30.3 Å². The molecule has 0 aliphatic rings. The minimum Gasteiger partial charge on any atom is -0.493 e. The van der Waals surface area contributed by atoms with Crippen molar-refractivity contribution in [3.05, 3.63) is 74.0 Å². The number of aliphatic imine (C=N–C) groups is 1. The van der Waals surface area contributed by atoms with E-state index in [0.29, 0.717) is 26.0 Å². The second kappa shape index (κ2) is 9.82. The van der Waals surface area contributed by atoms with E-state index >= 15 is 0 Å². The van der Waals surface area contributed by atoms with Crippen LogP contribution in [0.1, 0.15) is 23.4 Å². The van der Waals surface area contributed by atoms with Gasteiger partial charge in [0.1, 0.15) is 10.9 Å². The number of hydrogen-bond acceptors (Lipinski definition) is 6. The summed E-state index contributed by atoms with van der Waals surface area (Å²) in [7, 11) is 0. The fourth-order valence-electron chi connectivity index (χ4n) is 2.77. The lowest BCUT2D eigenvalue weighted by Crippen LogP contribution is -2.24. The molecular formula is C21H19ClN2O3S2. The van der Waals surface area contributed by atoms with Gasteiger partial charge in [-0.3, -0.25) is 9.56 Å². The lowest BCUT2D eigenvalue weighted by Gasteiger charge is -2.18. The Hall–Kier alpha value is -2.48. The minimum absolute atomic E-state index is 0.105. The van der Waals surface area contributed by atoms with Gasteiger partial charge in [0.25, 0.3) is 0 Å². The maximum absolute atomic E-state index is 12.6. The molecule has 3 rings (SSSR count). The van der Waals surface area contributed by atoms with E-state index < -0.39 is 12.0 Å². The number of thiazole rings is 1. The molecule has 0 saturated carbocycles. The van der Waals surface area contributed by atoms with E-state index in [4.69, 9.17) is 28.6 Å². The molecule has 0 fully saturated rings. The summed E-state index contributed by atoms with van der Waals surface area (Å²) in [5.74, 6) is -0.548. The highest BCUT2D eigenvalue weighted by Gasteiger charge is 2.27.